The number of hydrogen-bond acceptors (Lipinski definition) is 2. The monoisotopic (exact) mass is 400 g/mol. The van der Waals surface area contributed by atoms with Crippen LogP contribution in [-0.4, -0.2) is 29.0 Å². The van der Waals surface area contributed by atoms with Gasteiger partial charge in [0.15, 0.2) is 0 Å². The highest BCUT2D eigenvalue weighted by Crippen LogP contribution is 2.23. The second-order valence-electron chi connectivity index (χ2n) is 7.91. The normalized spacial score (nSPS) is 16.2. The number of nitrogens with zero attached hydrogens (tertiary/aromatic N) is 1. The Kier molecular flexibility index (Phi) is 6.38. The van der Waals surface area contributed by atoms with Crippen molar-refractivity contribution in [2.24, 2.45) is 0 Å². The minimum Gasteiger partial charge on any atom is -0.374 e. The second-order valence-corrected chi connectivity index (χ2v) is 8.32. The van der Waals surface area contributed by atoms with Crippen LogP contribution in [0.3, 0.4) is 0 Å². The minimum atomic E-state index is 0.441. The van der Waals surface area contributed by atoms with Crippen molar-refractivity contribution in [1.82, 2.24) is 10.2 Å². The van der Waals surface area contributed by atoms with E-state index in [0.717, 1.165) is 43.0 Å². The van der Waals surface area contributed by atoms with Crippen LogP contribution in [0.4, 0.5) is 0 Å². The van der Waals surface area contributed by atoms with Crippen LogP contribution in [0.5, 0.6) is 0 Å². The van der Waals surface area contributed by atoms with Gasteiger partial charge in [0.2, 0.25) is 0 Å². The predicted molar refractivity (Wildman–Crippen MR) is 125 cm³/mol. The molecule has 1 atom stereocenters. The van der Waals surface area contributed by atoms with Gasteiger partial charge in [-0.25, -0.2) is 0 Å². The molecule has 0 saturated heterocycles. The summed E-state index contributed by atoms with van der Waals surface area (Å²) in [5, 5.41) is 3.54. The molecule has 0 spiro atoms. The van der Waals surface area contributed by atoms with Gasteiger partial charge in [-0.1, -0.05) is 90.6 Å². The van der Waals surface area contributed by atoms with E-state index < -0.39 is 0 Å². The molecular weight excluding hydrogens is 372 g/mol. The molecule has 29 heavy (non-hydrogen) atoms. The number of thiocarbonyl (C=S) groups is 1. The van der Waals surface area contributed by atoms with E-state index in [2.05, 4.69) is 96.0 Å². The zero-order chi connectivity index (χ0) is 20.1. The fourth-order valence-corrected chi connectivity index (χ4v) is 4.33. The fraction of sp³-hybridized carbons (Fsp3) is 0.269. The first-order valence-corrected chi connectivity index (χ1v) is 10.8. The Hall–Kier alpha value is -2.49. The van der Waals surface area contributed by atoms with Gasteiger partial charge in [-0.15, -0.1) is 0 Å². The third-order valence-electron chi connectivity index (χ3n) is 5.77. The van der Waals surface area contributed by atoms with Gasteiger partial charge in [0.05, 0.1) is 0 Å². The van der Waals surface area contributed by atoms with E-state index >= 15 is 0 Å². The Bertz CT molecular complexity index is 967. The van der Waals surface area contributed by atoms with E-state index in [9.17, 15) is 0 Å². The van der Waals surface area contributed by atoms with Crippen molar-refractivity contribution in [3.8, 4) is 0 Å². The van der Waals surface area contributed by atoms with Crippen molar-refractivity contribution in [1.29, 1.82) is 0 Å². The maximum absolute atomic E-state index is 5.68. The molecule has 0 aromatic heterocycles. The molecule has 1 heterocycles. The summed E-state index contributed by atoms with van der Waals surface area (Å²) in [6, 6.07) is 28.5. The largest absolute Gasteiger partial charge is 0.374 e. The van der Waals surface area contributed by atoms with Crippen LogP contribution in [0, 0.1) is 6.92 Å². The van der Waals surface area contributed by atoms with Gasteiger partial charge >= 0.3 is 0 Å². The number of aryl methyl sites for hydroxylation is 1. The molecule has 3 heteroatoms. The van der Waals surface area contributed by atoms with Crippen LogP contribution >= 0.6 is 12.2 Å². The fourth-order valence-electron chi connectivity index (χ4n) is 4.12. The molecule has 0 fully saturated rings. The number of benzene rings is 3. The lowest BCUT2D eigenvalue weighted by molar-refractivity contribution is 0.174. The Balaban J connectivity index is 1.45. The van der Waals surface area contributed by atoms with Gasteiger partial charge in [-0.05, 0) is 42.5 Å². The number of fused-ring (bicyclic) bond motifs is 1. The van der Waals surface area contributed by atoms with Gasteiger partial charge in [-0.3, -0.25) is 4.90 Å². The first-order chi connectivity index (χ1) is 14.2. The summed E-state index contributed by atoms with van der Waals surface area (Å²) >= 11 is 5.68. The first kappa shape index (κ1) is 19.8. The summed E-state index contributed by atoms with van der Waals surface area (Å²) in [6.45, 7) is 5.04. The molecule has 0 saturated carbocycles. The quantitative estimate of drug-likeness (QED) is 0.591. The molecule has 0 radical (unpaired) electrons. The lowest BCUT2D eigenvalue weighted by Gasteiger charge is -2.37. The molecular formula is C26H28N2S. The average molecular weight is 401 g/mol. The van der Waals surface area contributed by atoms with Gasteiger partial charge in [0.1, 0.15) is 4.99 Å². The zero-order valence-electron chi connectivity index (χ0n) is 17.0. The maximum atomic E-state index is 5.68. The van der Waals surface area contributed by atoms with Crippen LogP contribution < -0.4 is 5.32 Å². The molecule has 3 aromatic rings. The third-order valence-corrected chi connectivity index (χ3v) is 6.15. The number of hydrogen-bond donors (Lipinski definition) is 1. The topological polar surface area (TPSA) is 15.3 Å². The Morgan fingerprint density at radius 1 is 0.966 bits per heavy atom. The van der Waals surface area contributed by atoms with Crippen LogP contribution in [0.15, 0.2) is 78.9 Å². The standard InChI is InChI=1S/C26H28N2S/c1-20-8-7-13-23(16-20)26(29)27-18-25-17-22-11-5-6-12-24(22)19-28(25)15-14-21-9-3-2-4-10-21/h2-13,16,25H,14-15,17-19H2,1H3,(H,27,29)/t25-/m0/s1. The summed E-state index contributed by atoms with van der Waals surface area (Å²) in [5.74, 6) is 0. The highest BCUT2D eigenvalue weighted by molar-refractivity contribution is 7.80. The maximum Gasteiger partial charge on any atom is 0.106 e. The van der Waals surface area contributed by atoms with Gasteiger partial charge < -0.3 is 5.32 Å². The van der Waals surface area contributed by atoms with Crippen molar-refractivity contribution >= 4 is 17.2 Å². The van der Waals surface area contributed by atoms with E-state index in [-0.39, 0.29) is 0 Å². The van der Waals surface area contributed by atoms with Gasteiger partial charge in [0.25, 0.3) is 0 Å². The molecule has 0 amide bonds. The van der Waals surface area contributed by atoms with Crippen molar-refractivity contribution in [2.45, 2.75) is 32.4 Å². The van der Waals surface area contributed by atoms with Crippen molar-refractivity contribution in [3.05, 3.63) is 107 Å². The van der Waals surface area contributed by atoms with Crippen LogP contribution in [0.25, 0.3) is 0 Å². The number of nitrogens with one attached hydrogen (secondary N) is 1. The summed E-state index contributed by atoms with van der Waals surface area (Å²) in [5.41, 5.74) is 6.66. The van der Waals surface area contributed by atoms with E-state index in [1.54, 1.807) is 0 Å². The highest BCUT2D eigenvalue weighted by Gasteiger charge is 2.25. The third kappa shape index (κ3) is 5.11. The summed E-state index contributed by atoms with van der Waals surface area (Å²) in [6.07, 6.45) is 2.14. The molecule has 3 aromatic carbocycles. The average Bonchev–Trinajstić information content (AvgIpc) is 2.76. The Morgan fingerprint density at radius 3 is 2.52 bits per heavy atom. The van der Waals surface area contributed by atoms with Crippen LogP contribution in [0.1, 0.15) is 27.8 Å². The van der Waals surface area contributed by atoms with E-state index in [4.69, 9.17) is 12.2 Å². The lowest BCUT2D eigenvalue weighted by Crippen LogP contribution is -2.48. The zero-order valence-corrected chi connectivity index (χ0v) is 17.8. The Labute approximate surface area is 179 Å². The molecule has 0 bridgehead atoms. The van der Waals surface area contributed by atoms with E-state index in [1.807, 2.05) is 0 Å². The van der Waals surface area contributed by atoms with Crippen molar-refractivity contribution < 1.29 is 0 Å². The lowest BCUT2D eigenvalue weighted by atomic mass is 9.93. The smallest absolute Gasteiger partial charge is 0.106 e. The Morgan fingerprint density at radius 2 is 1.72 bits per heavy atom. The molecule has 2 nitrogen and oxygen atoms in total. The second kappa shape index (κ2) is 9.34. The molecule has 148 valence electrons. The van der Waals surface area contributed by atoms with Crippen LogP contribution in [0.2, 0.25) is 0 Å². The molecule has 4 rings (SSSR count). The van der Waals surface area contributed by atoms with Crippen molar-refractivity contribution in [2.75, 3.05) is 13.1 Å². The summed E-state index contributed by atoms with van der Waals surface area (Å²) < 4.78 is 0. The summed E-state index contributed by atoms with van der Waals surface area (Å²) in [7, 11) is 0. The minimum absolute atomic E-state index is 0.441. The van der Waals surface area contributed by atoms with Crippen LogP contribution in [-0.2, 0) is 19.4 Å². The van der Waals surface area contributed by atoms with E-state index in [0.29, 0.717) is 6.04 Å². The summed E-state index contributed by atoms with van der Waals surface area (Å²) in [4.78, 5) is 3.46. The molecule has 0 unspecified atom stereocenters. The van der Waals surface area contributed by atoms with Gasteiger partial charge in [-0.2, -0.15) is 0 Å². The van der Waals surface area contributed by atoms with Gasteiger partial charge in [0, 0.05) is 31.2 Å². The van der Waals surface area contributed by atoms with Crippen molar-refractivity contribution in [3.63, 3.8) is 0 Å². The predicted octanol–water partition coefficient (Wildman–Crippen LogP) is 4.93. The molecule has 1 N–H and O–H groups in total. The highest BCUT2D eigenvalue weighted by atomic mass is 32.1. The molecule has 1 aliphatic heterocycles. The number of rotatable bonds is 6. The van der Waals surface area contributed by atoms with E-state index in [1.165, 1.54) is 22.3 Å². The first-order valence-electron chi connectivity index (χ1n) is 10.4. The molecule has 1 aliphatic rings. The molecule has 0 aliphatic carbocycles. The SMILES string of the molecule is Cc1cccc(C(=S)NC[C@@H]2Cc3ccccc3CN2CCc2ccccc2)c1.